The van der Waals surface area contributed by atoms with Crippen LogP contribution in [0.4, 0.5) is 0 Å². The molecule has 26 heavy (non-hydrogen) atoms. The maximum Gasteiger partial charge on any atom is 0.271 e. The Morgan fingerprint density at radius 3 is 2.81 bits per heavy atom. The van der Waals surface area contributed by atoms with Gasteiger partial charge in [0.15, 0.2) is 6.73 Å². The molecule has 142 valence electrons. The number of hydrogen-bond donors (Lipinski definition) is 1. The van der Waals surface area contributed by atoms with Gasteiger partial charge in [-0.05, 0) is 56.7 Å². The second kappa shape index (κ2) is 10.2. The summed E-state index contributed by atoms with van der Waals surface area (Å²) in [6, 6.07) is 7.27. The number of benzene rings is 1. The molecule has 0 saturated heterocycles. The smallest absolute Gasteiger partial charge is 0.271 e. The lowest BCUT2D eigenvalue weighted by Crippen LogP contribution is -2.30. The normalized spacial score (nSPS) is 11.0. The van der Waals surface area contributed by atoms with Crippen LogP contribution in [-0.4, -0.2) is 46.8 Å². The number of halogens is 1. The standard InChI is InChI=1S/C19H27ClN4O2/c1-4-23(5-2)11-6-10-21-19(25)17-9-12-24(22-17)14-26-18-13-15(3)7-8-16(18)20/h7-9,12-13H,4-6,10-11,14H2,1-3H3,(H,21,25). The molecule has 1 aromatic heterocycles. The number of aromatic nitrogens is 2. The summed E-state index contributed by atoms with van der Waals surface area (Å²) in [4.78, 5) is 14.5. The quantitative estimate of drug-likeness (QED) is 0.644. The number of carbonyl (C=O) groups excluding carboxylic acids is 1. The number of carbonyl (C=O) groups is 1. The van der Waals surface area contributed by atoms with Crippen molar-refractivity contribution in [3.63, 3.8) is 0 Å². The first-order chi connectivity index (χ1) is 12.5. The number of rotatable bonds is 10. The van der Waals surface area contributed by atoms with Crippen molar-refractivity contribution in [2.45, 2.75) is 33.9 Å². The monoisotopic (exact) mass is 378 g/mol. The second-order valence-corrected chi connectivity index (χ2v) is 6.49. The van der Waals surface area contributed by atoms with Crippen LogP contribution >= 0.6 is 11.6 Å². The summed E-state index contributed by atoms with van der Waals surface area (Å²) in [6.07, 6.45) is 2.64. The number of aryl methyl sites for hydroxylation is 1. The maximum absolute atomic E-state index is 12.2. The Morgan fingerprint density at radius 1 is 1.31 bits per heavy atom. The van der Waals surface area contributed by atoms with Crippen molar-refractivity contribution < 1.29 is 9.53 Å². The van der Waals surface area contributed by atoms with E-state index < -0.39 is 0 Å². The SMILES string of the molecule is CCN(CC)CCCNC(=O)c1ccn(COc2cc(C)ccc2Cl)n1. The average Bonchev–Trinajstić information content (AvgIpc) is 3.11. The molecule has 0 aliphatic heterocycles. The summed E-state index contributed by atoms with van der Waals surface area (Å²) in [5.74, 6) is 0.432. The van der Waals surface area contributed by atoms with Crippen LogP contribution in [-0.2, 0) is 6.73 Å². The van der Waals surface area contributed by atoms with Crippen LogP contribution in [0, 0.1) is 6.92 Å². The van der Waals surface area contributed by atoms with Crippen molar-refractivity contribution in [2.75, 3.05) is 26.2 Å². The molecule has 0 atom stereocenters. The van der Waals surface area contributed by atoms with Crippen molar-refractivity contribution in [1.82, 2.24) is 20.0 Å². The van der Waals surface area contributed by atoms with E-state index in [9.17, 15) is 4.79 Å². The summed E-state index contributed by atoms with van der Waals surface area (Å²) in [6.45, 7) is 10.1. The highest BCUT2D eigenvalue weighted by Crippen LogP contribution is 2.25. The van der Waals surface area contributed by atoms with Crippen LogP contribution in [0.25, 0.3) is 0 Å². The van der Waals surface area contributed by atoms with E-state index in [1.807, 2.05) is 19.1 Å². The van der Waals surface area contributed by atoms with Crippen molar-refractivity contribution in [3.05, 3.63) is 46.7 Å². The van der Waals surface area contributed by atoms with E-state index in [1.54, 1.807) is 23.0 Å². The number of amides is 1. The van der Waals surface area contributed by atoms with E-state index in [0.717, 1.165) is 31.6 Å². The van der Waals surface area contributed by atoms with Crippen LogP contribution < -0.4 is 10.1 Å². The highest BCUT2D eigenvalue weighted by molar-refractivity contribution is 6.32. The average molecular weight is 379 g/mol. The molecule has 0 spiro atoms. The van der Waals surface area contributed by atoms with Gasteiger partial charge in [-0.25, -0.2) is 4.68 Å². The zero-order valence-corrected chi connectivity index (χ0v) is 16.4. The van der Waals surface area contributed by atoms with Crippen LogP contribution in [0.1, 0.15) is 36.3 Å². The minimum atomic E-state index is -0.170. The van der Waals surface area contributed by atoms with Gasteiger partial charge in [0.25, 0.3) is 5.91 Å². The van der Waals surface area contributed by atoms with Gasteiger partial charge in [0.05, 0.1) is 5.02 Å². The van der Waals surface area contributed by atoms with E-state index in [4.69, 9.17) is 16.3 Å². The molecular weight excluding hydrogens is 352 g/mol. The van der Waals surface area contributed by atoms with Crippen LogP contribution in [0.2, 0.25) is 5.02 Å². The van der Waals surface area contributed by atoms with Gasteiger partial charge in [0.1, 0.15) is 11.4 Å². The van der Waals surface area contributed by atoms with Crippen molar-refractivity contribution in [1.29, 1.82) is 0 Å². The summed E-state index contributed by atoms with van der Waals surface area (Å²) in [5.41, 5.74) is 1.45. The fraction of sp³-hybridized carbons (Fsp3) is 0.474. The van der Waals surface area contributed by atoms with E-state index in [-0.39, 0.29) is 12.6 Å². The lowest BCUT2D eigenvalue weighted by Gasteiger charge is -2.17. The van der Waals surface area contributed by atoms with E-state index in [2.05, 4.69) is 29.2 Å². The predicted octanol–water partition coefficient (Wildman–Crippen LogP) is 3.34. The molecule has 7 heteroatoms. The molecule has 1 amide bonds. The first-order valence-electron chi connectivity index (χ1n) is 8.96. The molecule has 0 radical (unpaired) electrons. The van der Waals surface area contributed by atoms with E-state index >= 15 is 0 Å². The van der Waals surface area contributed by atoms with Gasteiger partial charge < -0.3 is 15.0 Å². The lowest BCUT2D eigenvalue weighted by molar-refractivity contribution is 0.0945. The number of nitrogens with one attached hydrogen (secondary N) is 1. The second-order valence-electron chi connectivity index (χ2n) is 6.08. The molecule has 0 unspecified atom stereocenters. The molecule has 1 N–H and O–H groups in total. The summed E-state index contributed by atoms with van der Waals surface area (Å²) in [5, 5.41) is 7.70. The van der Waals surface area contributed by atoms with Crippen molar-refractivity contribution >= 4 is 17.5 Å². The Labute approximate surface area is 160 Å². The van der Waals surface area contributed by atoms with E-state index in [0.29, 0.717) is 23.0 Å². The number of nitrogens with zero attached hydrogens (tertiary/aromatic N) is 3. The summed E-state index contributed by atoms with van der Waals surface area (Å²) >= 11 is 6.11. The first kappa shape index (κ1) is 20.3. The third-order valence-corrected chi connectivity index (χ3v) is 4.46. The highest BCUT2D eigenvalue weighted by atomic mass is 35.5. The Kier molecular flexibility index (Phi) is 7.94. The van der Waals surface area contributed by atoms with Crippen LogP contribution in [0.3, 0.4) is 0 Å². The fourth-order valence-corrected chi connectivity index (χ4v) is 2.72. The van der Waals surface area contributed by atoms with Gasteiger partial charge >= 0.3 is 0 Å². The molecular formula is C19H27ClN4O2. The molecule has 2 aromatic rings. The maximum atomic E-state index is 12.2. The molecule has 6 nitrogen and oxygen atoms in total. The molecule has 1 aromatic carbocycles. The van der Waals surface area contributed by atoms with Gasteiger partial charge in [-0.2, -0.15) is 5.10 Å². The van der Waals surface area contributed by atoms with Gasteiger partial charge in [-0.3, -0.25) is 4.79 Å². The minimum Gasteiger partial charge on any atom is -0.470 e. The van der Waals surface area contributed by atoms with Crippen LogP contribution in [0.15, 0.2) is 30.5 Å². The Morgan fingerprint density at radius 2 is 2.08 bits per heavy atom. The Bertz CT molecular complexity index is 713. The Balaban J connectivity index is 1.79. The Hall–Kier alpha value is -2.05. The predicted molar refractivity (Wildman–Crippen MR) is 104 cm³/mol. The largest absolute Gasteiger partial charge is 0.470 e. The molecule has 0 saturated carbocycles. The summed E-state index contributed by atoms with van der Waals surface area (Å²) < 4.78 is 7.25. The molecule has 0 aliphatic carbocycles. The lowest BCUT2D eigenvalue weighted by atomic mass is 10.2. The van der Waals surface area contributed by atoms with Crippen molar-refractivity contribution in [2.24, 2.45) is 0 Å². The van der Waals surface area contributed by atoms with Crippen molar-refractivity contribution in [3.8, 4) is 5.75 Å². The molecule has 0 bridgehead atoms. The zero-order chi connectivity index (χ0) is 18.9. The van der Waals surface area contributed by atoms with Gasteiger partial charge in [0.2, 0.25) is 0 Å². The third-order valence-electron chi connectivity index (χ3n) is 4.14. The summed E-state index contributed by atoms with van der Waals surface area (Å²) in [7, 11) is 0. The third kappa shape index (κ3) is 6.04. The molecule has 0 fully saturated rings. The van der Waals surface area contributed by atoms with Gasteiger partial charge in [-0.15, -0.1) is 0 Å². The molecule has 0 aliphatic rings. The molecule has 2 rings (SSSR count). The minimum absolute atomic E-state index is 0.170. The fourth-order valence-electron chi connectivity index (χ4n) is 2.55. The topological polar surface area (TPSA) is 59.4 Å². The number of ether oxygens (including phenoxy) is 1. The first-order valence-corrected chi connectivity index (χ1v) is 9.34. The van der Waals surface area contributed by atoms with Gasteiger partial charge in [-0.1, -0.05) is 31.5 Å². The molecule has 1 heterocycles. The number of hydrogen-bond acceptors (Lipinski definition) is 4. The van der Waals surface area contributed by atoms with E-state index in [1.165, 1.54) is 0 Å². The van der Waals surface area contributed by atoms with Crippen LogP contribution in [0.5, 0.6) is 5.75 Å². The highest BCUT2D eigenvalue weighted by Gasteiger charge is 2.10. The zero-order valence-electron chi connectivity index (χ0n) is 15.7. The van der Waals surface area contributed by atoms with Gasteiger partial charge in [0, 0.05) is 12.7 Å².